The number of aromatic hydroxyl groups is 1. The minimum atomic E-state index is 0.399. The van der Waals surface area contributed by atoms with Gasteiger partial charge in [0.25, 0.3) is 0 Å². The Morgan fingerprint density at radius 1 is 1.18 bits per heavy atom. The van der Waals surface area contributed by atoms with Crippen molar-refractivity contribution in [1.82, 2.24) is 4.90 Å². The van der Waals surface area contributed by atoms with Gasteiger partial charge in [-0.25, -0.2) is 0 Å². The van der Waals surface area contributed by atoms with E-state index in [0.29, 0.717) is 11.7 Å². The van der Waals surface area contributed by atoms with Gasteiger partial charge in [0.05, 0.1) is 13.2 Å². The zero-order chi connectivity index (χ0) is 11.7. The van der Waals surface area contributed by atoms with Crippen molar-refractivity contribution in [1.29, 1.82) is 0 Å². The van der Waals surface area contributed by atoms with E-state index in [4.69, 9.17) is 4.74 Å². The Balaban J connectivity index is 1.61. The van der Waals surface area contributed by atoms with E-state index in [-0.39, 0.29) is 0 Å². The van der Waals surface area contributed by atoms with Crippen LogP contribution in [-0.2, 0) is 17.6 Å². The second-order valence-electron chi connectivity index (χ2n) is 5.14. The molecule has 0 aromatic heterocycles. The number of rotatable bonds is 2. The summed E-state index contributed by atoms with van der Waals surface area (Å²) in [4.78, 5) is 2.50. The van der Waals surface area contributed by atoms with Gasteiger partial charge in [0.2, 0.25) is 0 Å². The van der Waals surface area contributed by atoms with Crippen LogP contribution in [-0.4, -0.2) is 42.9 Å². The molecule has 3 nitrogen and oxygen atoms in total. The standard InChI is InChI=1S/C14H19NO2/c16-14-2-1-12-7-11(8-13(12)9-14)10-15-3-5-17-6-4-15/h1-2,9,11,16H,3-8,10H2. The molecule has 1 aromatic rings. The Hall–Kier alpha value is -1.06. The predicted molar refractivity (Wildman–Crippen MR) is 66.3 cm³/mol. The highest BCUT2D eigenvalue weighted by Gasteiger charge is 2.24. The number of hydrogen-bond acceptors (Lipinski definition) is 3. The van der Waals surface area contributed by atoms with Gasteiger partial charge in [-0.05, 0) is 42.0 Å². The lowest BCUT2D eigenvalue weighted by atomic mass is 10.1. The lowest BCUT2D eigenvalue weighted by Crippen LogP contribution is -2.39. The Morgan fingerprint density at radius 3 is 2.76 bits per heavy atom. The van der Waals surface area contributed by atoms with Crippen LogP contribution in [0.15, 0.2) is 18.2 Å². The summed E-state index contributed by atoms with van der Waals surface area (Å²) in [5, 5.41) is 9.48. The van der Waals surface area contributed by atoms with E-state index in [0.717, 1.165) is 39.1 Å². The van der Waals surface area contributed by atoms with Crippen molar-refractivity contribution < 1.29 is 9.84 Å². The Morgan fingerprint density at radius 2 is 1.94 bits per heavy atom. The average Bonchev–Trinajstić information content (AvgIpc) is 2.71. The van der Waals surface area contributed by atoms with E-state index in [1.807, 2.05) is 6.07 Å². The van der Waals surface area contributed by atoms with Crippen LogP contribution in [0.1, 0.15) is 11.1 Å². The number of fused-ring (bicyclic) bond motifs is 1. The fraction of sp³-hybridized carbons (Fsp3) is 0.571. The van der Waals surface area contributed by atoms with Crippen molar-refractivity contribution in [3.63, 3.8) is 0 Å². The van der Waals surface area contributed by atoms with Gasteiger partial charge in [0.1, 0.15) is 5.75 Å². The van der Waals surface area contributed by atoms with E-state index in [2.05, 4.69) is 11.0 Å². The molecule has 3 rings (SSSR count). The van der Waals surface area contributed by atoms with E-state index in [1.165, 1.54) is 17.7 Å². The van der Waals surface area contributed by atoms with Crippen molar-refractivity contribution in [2.45, 2.75) is 12.8 Å². The van der Waals surface area contributed by atoms with Gasteiger partial charge in [-0.1, -0.05) is 6.07 Å². The van der Waals surface area contributed by atoms with Crippen molar-refractivity contribution in [3.05, 3.63) is 29.3 Å². The fourth-order valence-corrected chi connectivity index (χ4v) is 2.97. The third-order valence-corrected chi connectivity index (χ3v) is 3.83. The molecule has 0 saturated carbocycles. The van der Waals surface area contributed by atoms with Crippen LogP contribution in [0.4, 0.5) is 0 Å². The summed E-state index contributed by atoms with van der Waals surface area (Å²) >= 11 is 0. The highest BCUT2D eigenvalue weighted by Crippen LogP contribution is 2.30. The summed E-state index contributed by atoms with van der Waals surface area (Å²) < 4.78 is 5.37. The normalized spacial score (nSPS) is 24.8. The molecule has 0 radical (unpaired) electrons. The van der Waals surface area contributed by atoms with Crippen molar-refractivity contribution >= 4 is 0 Å². The van der Waals surface area contributed by atoms with Crippen molar-refractivity contribution in [3.8, 4) is 5.75 Å². The predicted octanol–water partition coefficient (Wildman–Crippen LogP) is 1.44. The van der Waals surface area contributed by atoms with E-state index < -0.39 is 0 Å². The second kappa shape index (κ2) is 4.67. The van der Waals surface area contributed by atoms with Crippen LogP contribution in [0.5, 0.6) is 5.75 Å². The molecule has 1 heterocycles. The topological polar surface area (TPSA) is 32.7 Å². The van der Waals surface area contributed by atoms with Gasteiger partial charge in [0.15, 0.2) is 0 Å². The average molecular weight is 233 g/mol. The minimum absolute atomic E-state index is 0.399. The first-order valence-electron chi connectivity index (χ1n) is 6.42. The molecule has 0 spiro atoms. The van der Waals surface area contributed by atoms with E-state index in [9.17, 15) is 5.11 Å². The number of phenols is 1. The van der Waals surface area contributed by atoms with Crippen molar-refractivity contribution in [2.24, 2.45) is 5.92 Å². The first-order valence-corrected chi connectivity index (χ1v) is 6.42. The monoisotopic (exact) mass is 233 g/mol. The summed E-state index contributed by atoms with van der Waals surface area (Å²) in [7, 11) is 0. The molecule has 1 N–H and O–H groups in total. The van der Waals surface area contributed by atoms with Gasteiger partial charge in [-0.3, -0.25) is 4.90 Å². The van der Waals surface area contributed by atoms with Crippen LogP contribution in [0.25, 0.3) is 0 Å². The molecule has 1 unspecified atom stereocenters. The Labute approximate surface area is 102 Å². The Bertz CT molecular complexity index is 399. The number of hydrogen-bond donors (Lipinski definition) is 1. The van der Waals surface area contributed by atoms with Gasteiger partial charge in [-0.15, -0.1) is 0 Å². The summed E-state index contributed by atoms with van der Waals surface area (Å²) in [6, 6.07) is 5.80. The van der Waals surface area contributed by atoms with Crippen LogP contribution in [0, 0.1) is 5.92 Å². The van der Waals surface area contributed by atoms with Gasteiger partial charge in [0, 0.05) is 19.6 Å². The Kier molecular flexibility index (Phi) is 3.04. The number of phenolic OH excluding ortho intramolecular Hbond substituents is 1. The highest BCUT2D eigenvalue weighted by molar-refractivity contribution is 5.38. The fourth-order valence-electron chi connectivity index (χ4n) is 2.97. The zero-order valence-electron chi connectivity index (χ0n) is 10.1. The van der Waals surface area contributed by atoms with Crippen LogP contribution < -0.4 is 0 Å². The van der Waals surface area contributed by atoms with Crippen LogP contribution in [0.2, 0.25) is 0 Å². The molecule has 92 valence electrons. The smallest absolute Gasteiger partial charge is 0.115 e. The lowest BCUT2D eigenvalue weighted by molar-refractivity contribution is 0.0313. The maximum absolute atomic E-state index is 9.48. The lowest BCUT2D eigenvalue weighted by Gasteiger charge is -2.28. The summed E-state index contributed by atoms with van der Waals surface area (Å²) in [5.41, 5.74) is 2.75. The first kappa shape index (κ1) is 11.1. The number of ether oxygens (including phenoxy) is 1. The molecule has 0 amide bonds. The molecule has 17 heavy (non-hydrogen) atoms. The number of morpholine rings is 1. The van der Waals surface area contributed by atoms with Crippen molar-refractivity contribution in [2.75, 3.05) is 32.8 Å². The summed E-state index contributed by atoms with van der Waals surface area (Å²) in [5.74, 6) is 1.11. The number of nitrogens with zero attached hydrogens (tertiary/aromatic N) is 1. The van der Waals surface area contributed by atoms with E-state index >= 15 is 0 Å². The highest BCUT2D eigenvalue weighted by atomic mass is 16.5. The SMILES string of the molecule is Oc1ccc2c(c1)CC(CN1CCOCC1)C2. The van der Waals surface area contributed by atoms with Crippen LogP contribution in [0.3, 0.4) is 0 Å². The maximum Gasteiger partial charge on any atom is 0.115 e. The summed E-state index contributed by atoms with van der Waals surface area (Å²) in [6.45, 7) is 5.05. The molecule has 1 saturated heterocycles. The number of benzene rings is 1. The first-order chi connectivity index (χ1) is 8.31. The second-order valence-corrected chi connectivity index (χ2v) is 5.14. The van der Waals surface area contributed by atoms with Gasteiger partial charge in [-0.2, -0.15) is 0 Å². The molecular formula is C14H19NO2. The largest absolute Gasteiger partial charge is 0.508 e. The van der Waals surface area contributed by atoms with Crippen LogP contribution >= 0.6 is 0 Å². The molecule has 2 aliphatic rings. The molecule has 1 fully saturated rings. The molecule has 1 aliphatic heterocycles. The summed E-state index contributed by atoms with van der Waals surface area (Å²) in [6.07, 6.45) is 2.27. The third-order valence-electron chi connectivity index (χ3n) is 3.83. The molecule has 1 aromatic carbocycles. The molecule has 3 heteroatoms. The third kappa shape index (κ3) is 2.45. The molecular weight excluding hydrogens is 214 g/mol. The molecule has 0 bridgehead atoms. The minimum Gasteiger partial charge on any atom is -0.508 e. The molecule has 1 atom stereocenters. The van der Waals surface area contributed by atoms with E-state index in [1.54, 1.807) is 6.07 Å². The quantitative estimate of drug-likeness (QED) is 0.839. The molecule has 1 aliphatic carbocycles. The van der Waals surface area contributed by atoms with Gasteiger partial charge >= 0.3 is 0 Å². The zero-order valence-corrected chi connectivity index (χ0v) is 10.1. The van der Waals surface area contributed by atoms with Gasteiger partial charge < -0.3 is 9.84 Å². The maximum atomic E-state index is 9.48.